The van der Waals surface area contributed by atoms with Gasteiger partial charge in [0.2, 0.25) is 0 Å². The molecule has 7 heteroatoms. The third kappa shape index (κ3) is 6.88. The van der Waals surface area contributed by atoms with Crippen molar-refractivity contribution in [2.24, 2.45) is 5.92 Å². The smallest absolute Gasteiger partial charge is 0.389 e. The number of hydrogen-bond acceptors (Lipinski definition) is 4. The van der Waals surface area contributed by atoms with Gasteiger partial charge in [-0.15, -0.1) is 0 Å². The summed E-state index contributed by atoms with van der Waals surface area (Å²) in [6.45, 7) is 1.65. The Labute approximate surface area is 117 Å². The van der Waals surface area contributed by atoms with E-state index in [1.165, 1.54) is 0 Å². The average molecular weight is 299 g/mol. The van der Waals surface area contributed by atoms with Crippen LogP contribution in [-0.2, 0) is 4.74 Å². The van der Waals surface area contributed by atoms with Gasteiger partial charge in [-0.2, -0.15) is 13.2 Å². The van der Waals surface area contributed by atoms with Gasteiger partial charge in [0, 0.05) is 13.1 Å². The number of hydrogen-bond donors (Lipinski definition) is 3. The third-order valence-electron chi connectivity index (χ3n) is 3.58. The predicted octanol–water partition coefficient (Wildman–Crippen LogP) is 1.46. The van der Waals surface area contributed by atoms with E-state index in [0.29, 0.717) is 5.92 Å². The number of alkyl halides is 3. The number of aliphatic hydroxyl groups excluding tert-OH is 2. The highest BCUT2D eigenvalue weighted by atomic mass is 19.4. The molecule has 1 saturated carbocycles. The minimum atomic E-state index is -4.63. The molecule has 1 aliphatic carbocycles. The van der Waals surface area contributed by atoms with Crippen molar-refractivity contribution in [2.75, 3.05) is 19.7 Å². The summed E-state index contributed by atoms with van der Waals surface area (Å²) in [6.07, 6.45) is -3.62. The first-order valence-electron chi connectivity index (χ1n) is 7.04. The fraction of sp³-hybridized carbons (Fsp3) is 1.00. The zero-order chi connectivity index (χ0) is 15.2. The van der Waals surface area contributed by atoms with E-state index < -0.39 is 24.9 Å². The number of nitrogens with one attached hydrogen (secondary N) is 1. The quantitative estimate of drug-likeness (QED) is 0.666. The Morgan fingerprint density at radius 1 is 1.15 bits per heavy atom. The summed E-state index contributed by atoms with van der Waals surface area (Å²) in [5.74, 6) is 0.713. The van der Waals surface area contributed by atoms with Gasteiger partial charge < -0.3 is 20.3 Å². The normalized spacial score (nSPS) is 27.3. The van der Waals surface area contributed by atoms with Crippen LogP contribution in [0.15, 0.2) is 0 Å². The van der Waals surface area contributed by atoms with Gasteiger partial charge in [-0.3, -0.25) is 0 Å². The summed E-state index contributed by atoms with van der Waals surface area (Å²) >= 11 is 0. The maximum Gasteiger partial charge on any atom is 0.415 e. The monoisotopic (exact) mass is 299 g/mol. The molecule has 1 fully saturated rings. The summed E-state index contributed by atoms with van der Waals surface area (Å²) in [6, 6.07) is 0. The summed E-state index contributed by atoms with van der Waals surface area (Å²) in [5, 5.41) is 20.7. The van der Waals surface area contributed by atoms with Gasteiger partial charge >= 0.3 is 6.18 Å². The summed E-state index contributed by atoms with van der Waals surface area (Å²) in [5.41, 5.74) is 0. The second kappa shape index (κ2) is 8.17. The Balaban J connectivity index is 2.07. The molecular formula is C13H24F3NO3. The largest absolute Gasteiger partial charge is 0.415 e. The lowest BCUT2D eigenvalue weighted by atomic mass is 9.89. The fourth-order valence-corrected chi connectivity index (χ4v) is 2.20. The SMILES string of the molecule is CC1CCC(OCC(O)CNCC(O)C(F)(F)F)CC1. The van der Waals surface area contributed by atoms with Gasteiger partial charge in [-0.1, -0.05) is 6.92 Å². The molecular weight excluding hydrogens is 275 g/mol. The molecule has 3 N–H and O–H groups in total. The van der Waals surface area contributed by atoms with Crippen LogP contribution in [0, 0.1) is 5.92 Å². The molecule has 20 heavy (non-hydrogen) atoms. The molecule has 0 aromatic rings. The standard InChI is InChI=1S/C13H24F3NO3/c1-9-2-4-11(5-3-9)20-8-10(18)6-17-7-12(19)13(14,15)16/h9-12,17-19H,2-8H2,1H3. The van der Waals surface area contributed by atoms with Gasteiger partial charge in [0.1, 0.15) is 0 Å². The molecule has 0 aromatic heterocycles. The molecule has 0 aromatic carbocycles. The van der Waals surface area contributed by atoms with E-state index in [0.717, 1.165) is 25.7 Å². The first-order chi connectivity index (χ1) is 9.29. The molecule has 0 spiro atoms. The van der Waals surface area contributed by atoms with E-state index >= 15 is 0 Å². The molecule has 2 unspecified atom stereocenters. The van der Waals surface area contributed by atoms with Gasteiger partial charge in [-0.25, -0.2) is 0 Å². The maximum atomic E-state index is 12.0. The van der Waals surface area contributed by atoms with Crippen LogP contribution in [-0.4, -0.2) is 54.4 Å². The first kappa shape index (κ1) is 17.7. The minimum Gasteiger partial charge on any atom is -0.389 e. The topological polar surface area (TPSA) is 61.7 Å². The molecule has 4 nitrogen and oxygen atoms in total. The van der Waals surface area contributed by atoms with Crippen molar-refractivity contribution in [3.05, 3.63) is 0 Å². The number of aliphatic hydroxyl groups is 2. The molecule has 0 heterocycles. The van der Waals surface area contributed by atoms with E-state index in [1.54, 1.807) is 0 Å². The van der Waals surface area contributed by atoms with Crippen molar-refractivity contribution in [1.82, 2.24) is 5.32 Å². The molecule has 0 aliphatic heterocycles. The average Bonchev–Trinajstić information content (AvgIpc) is 2.37. The lowest BCUT2D eigenvalue weighted by Gasteiger charge is -2.27. The Bertz CT molecular complexity index is 268. The third-order valence-corrected chi connectivity index (χ3v) is 3.58. The number of ether oxygens (including phenoxy) is 1. The van der Waals surface area contributed by atoms with Crippen molar-refractivity contribution >= 4 is 0 Å². The molecule has 1 rings (SSSR count). The highest BCUT2D eigenvalue weighted by Gasteiger charge is 2.37. The molecule has 120 valence electrons. The molecule has 1 aliphatic rings. The van der Waals surface area contributed by atoms with Crippen LogP contribution in [0.1, 0.15) is 32.6 Å². The van der Waals surface area contributed by atoms with E-state index in [9.17, 15) is 18.3 Å². The summed E-state index contributed by atoms with van der Waals surface area (Å²) < 4.78 is 41.6. The van der Waals surface area contributed by atoms with Crippen LogP contribution in [0.5, 0.6) is 0 Å². The summed E-state index contributed by atoms with van der Waals surface area (Å²) in [4.78, 5) is 0. The van der Waals surface area contributed by atoms with E-state index in [2.05, 4.69) is 12.2 Å². The van der Waals surface area contributed by atoms with Crippen LogP contribution < -0.4 is 5.32 Å². The molecule has 2 atom stereocenters. The Morgan fingerprint density at radius 2 is 1.75 bits per heavy atom. The summed E-state index contributed by atoms with van der Waals surface area (Å²) in [7, 11) is 0. The fourth-order valence-electron chi connectivity index (χ4n) is 2.20. The van der Waals surface area contributed by atoms with Crippen LogP contribution in [0.3, 0.4) is 0 Å². The Kier molecular flexibility index (Phi) is 7.22. The molecule has 0 amide bonds. The number of rotatable bonds is 7. The zero-order valence-corrected chi connectivity index (χ0v) is 11.7. The van der Waals surface area contributed by atoms with Gasteiger partial charge in [-0.05, 0) is 31.6 Å². The molecule has 0 bridgehead atoms. The highest BCUT2D eigenvalue weighted by molar-refractivity contribution is 4.72. The maximum absolute atomic E-state index is 12.0. The predicted molar refractivity (Wildman–Crippen MR) is 68.3 cm³/mol. The van der Waals surface area contributed by atoms with Crippen LogP contribution in [0.2, 0.25) is 0 Å². The Hall–Kier alpha value is -0.370. The van der Waals surface area contributed by atoms with Crippen molar-refractivity contribution in [3.63, 3.8) is 0 Å². The van der Waals surface area contributed by atoms with Gasteiger partial charge in [0.15, 0.2) is 6.10 Å². The van der Waals surface area contributed by atoms with E-state index in [-0.39, 0.29) is 19.3 Å². The first-order valence-corrected chi connectivity index (χ1v) is 7.04. The van der Waals surface area contributed by atoms with Crippen LogP contribution >= 0.6 is 0 Å². The second-order valence-electron chi connectivity index (χ2n) is 5.58. The molecule has 0 saturated heterocycles. The number of halogens is 3. The zero-order valence-electron chi connectivity index (χ0n) is 11.7. The molecule has 0 radical (unpaired) electrons. The van der Waals surface area contributed by atoms with Gasteiger partial charge in [0.05, 0.1) is 18.8 Å². The lowest BCUT2D eigenvalue weighted by molar-refractivity contribution is -0.202. The van der Waals surface area contributed by atoms with Crippen molar-refractivity contribution < 1.29 is 28.1 Å². The second-order valence-corrected chi connectivity index (χ2v) is 5.58. The van der Waals surface area contributed by atoms with Crippen molar-refractivity contribution in [1.29, 1.82) is 0 Å². The highest BCUT2D eigenvalue weighted by Crippen LogP contribution is 2.25. The van der Waals surface area contributed by atoms with E-state index in [4.69, 9.17) is 9.84 Å². The van der Waals surface area contributed by atoms with E-state index in [1.807, 2.05) is 0 Å². The van der Waals surface area contributed by atoms with Crippen molar-refractivity contribution in [3.8, 4) is 0 Å². The van der Waals surface area contributed by atoms with Gasteiger partial charge in [0.25, 0.3) is 0 Å². The lowest BCUT2D eigenvalue weighted by Crippen LogP contribution is -2.42. The van der Waals surface area contributed by atoms with Crippen LogP contribution in [0.25, 0.3) is 0 Å². The van der Waals surface area contributed by atoms with Crippen molar-refractivity contribution in [2.45, 2.75) is 57.1 Å². The Morgan fingerprint density at radius 3 is 2.30 bits per heavy atom. The van der Waals surface area contributed by atoms with Crippen LogP contribution in [0.4, 0.5) is 13.2 Å². The minimum absolute atomic E-state index is 0.0315.